The minimum Gasteiger partial charge on any atom is -0.459 e. The van der Waals surface area contributed by atoms with E-state index in [0.717, 1.165) is 31.0 Å². The van der Waals surface area contributed by atoms with E-state index in [0.29, 0.717) is 35.7 Å². The molecule has 0 radical (unpaired) electrons. The highest BCUT2D eigenvalue weighted by atomic mass is 19.1. The van der Waals surface area contributed by atoms with Crippen molar-refractivity contribution < 1.29 is 32.9 Å². The summed E-state index contributed by atoms with van der Waals surface area (Å²) in [5, 5.41) is 22.2. The van der Waals surface area contributed by atoms with E-state index in [4.69, 9.17) is 13.9 Å². The molecule has 0 spiro atoms. The molecule has 3 aromatic rings. The second kappa shape index (κ2) is 10.6. The topological polar surface area (TPSA) is 148 Å². The number of nitro benzene ring substituents is 2. The highest BCUT2D eigenvalue weighted by Crippen LogP contribution is 2.28. The average molecular weight is 499 g/mol. The number of ether oxygens (including phenoxy) is 2. The molecule has 1 fully saturated rings. The number of carbonyl (C=O) groups is 1. The molecule has 188 valence electrons. The molecule has 1 aliphatic carbocycles. The number of oxazole rings is 1. The molecule has 2 aromatic carbocycles. The van der Waals surface area contributed by atoms with E-state index in [1.165, 1.54) is 12.1 Å². The highest BCUT2D eigenvalue weighted by Gasteiger charge is 2.28. The maximum Gasteiger partial charge on any atom is 0.338 e. The van der Waals surface area contributed by atoms with Crippen LogP contribution in [0.15, 0.2) is 46.9 Å². The maximum atomic E-state index is 13.2. The highest BCUT2D eigenvalue weighted by molar-refractivity contribution is 5.91. The first-order valence-corrected chi connectivity index (χ1v) is 11.2. The van der Waals surface area contributed by atoms with Crippen molar-refractivity contribution in [3.63, 3.8) is 0 Å². The summed E-state index contributed by atoms with van der Waals surface area (Å²) < 4.78 is 30.3. The van der Waals surface area contributed by atoms with Gasteiger partial charge in [-0.05, 0) is 50.5 Å². The molecule has 0 amide bonds. The number of carbonyl (C=O) groups excluding carboxylic acids is 1. The van der Waals surface area contributed by atoms with Gasteiger partial charge in [-0.2, -0.15) is 0 Å². The second-order valence-electron chi connectivity index (χ2n) is 8.41. The number of non-ortho nitro benzene ring substituents is 2. The number of aryl methyl sites for hydroxylation is 1. The van der Waals surface area contributed by atoms with Gasteiger partial charge < -0.3 is 13.9 Å². The van der Waals surface area contributed by atoms with Crippen LogP contribution in [-0.2, 0) is 16.1 Å². The van der Waals surface area contributed by atoms with E-state index < -0.39 is 33.3 Å². The van der Waals surface area contributed by atoms with Gasteiger partial charge in [0.05, 0.1) is 34.2 Å². The zero-order chi connectivity index (χ0) is 25.8. The number of esters is 1. The lowest BCUT2D eigenvalue weighted by Gasteiger charge is -2.28. The normalized spacial score (nSPS) is 17.5. The maximum absolute atomic E-state index is 13.2. The van der Waals surface area contributed by atoms with Crippen molar-refractivity contribution in [3.05, 3.63) is 85.5 Å². The van der Waals surface area contributed by atoms with Crippen LogP contribution in [-0.4, -0.2) is 33.0 Å². The summed E-state index contributed by atoms with van der Waals surface area (Å²) in [7, 11) is 0. The lowest BCUT2D eigenvalue weighted by molar-refractivity contribution is -0.394. The Balaban J connectivity index is 1.37. The van der Waals surface area contributed by atoms with Crippen LogP contribution in [0, 0.1) is 33.0 Å². The van der Waals surface area contributed by atoms with Gasteiger partial charge in [0.2, 0.25) is 5.89 Å². The molecule has 36 heavy (non-hydrogen) atoms. The molecule has 1 saturated carbocycles. The number of hydrogen-bond donors (Lipinski definition) is 0. The van der Waals surface area contributed by atoms with Gasteiger partial charge in [-0.1, -0.05) is 0 Å². The first kappa shape index (κ1) is 24.9. The Morgan fingerprint density at radius 1 is 1.08 bits per heavy atom. The number of halogens is 1. The molecular weight excluding hydrogens is 477 g/mol. The largest absolute Gasteiger partial charge is 0.459 e. The summed E-state index contributed by atoms with van der Waals surface area (Å²) in [5.74, 6) is -0.307. The third-order valence-corrected chi connectivity index (χ3v) is 5.85. The van der Waals surface area contributed by atoms with Gasteiger partial charge in [0.15, 0.2) is 0 Å². The van der Waals surface area contributed by atoms with E-state index in [9.17, 15) is 29.4 Å². The van der Waals surface area contributed by atoms with Gasteiger partial charge in [-0.3, -0.25) is 20.2 Å². The van der Waals surface area contributed by atoms with Crippen LogP contribution >= 0.6 is 0 Å². The number of benzene rings is 2. The fraction of sp³-hybridized carbons (Fsp3) is 0.333. The number of nitro groups is 2. The molecular formula is C24H22FN3O8. The molecule has 0 saturated heterocycles. The smallest absolute Gasteiger partial charge is 0.338 e. The van der Waals surface area contributed by atoms with Crippen molar-refractivity contribution in [1.82, 2.24) is 4.98 Å². The quantitative estimate of drug-likeness (QED) is 0.229. The Morgan fingerprint density at radius 3 is 2.36 bits per heavy atom. The van der Waals surface area contributed by atoms with Crippen molar-refractivity contribution in [2.75, 3.05) is 0 Å². The molecule has 0 aliphatic heterocycles. The van der Waals surface area contributed by atoms with E-state index >= 15 is 0 Å². The van der Waals surface area contributed by atoms with Crippen LogP contribution in [0.5, 0.6) is 0 Å². The Labute approximate surface area is 204 Å². The molecule has 12 heteroatoms. The van der Waals surface area contributed by atoms with E-state index in [1.807, 2.05) is 0 Å². The third-order valence-electron chi connectivity index (χ3n) is 5.85. The van der Waals surface area contributed by atoms with E-state index in [1.54, 1.807) is 19.1 Å². The number of nitrogens with zero attached hydrogens (tertiary/aromatic N) is 3. The predicted octanol–water partition coefficient (Wildman–Crippen LogP) is 5.29. The number of hydrogen-bond acceptors (Lipinski definition) is 9. The van der Waals surface area contributed by atoms with Crippen LogP contribution in [0.2, 0.25) is 0 Å². The standard InChI is InChI=1S/C24H22FN3O8/c1-14-22(26-23(35-14)15-5-7-17(25)8-6-15)13-34-20-3-2-4-21(12-20)36-24(29)16-9-18(27(30)31)11-19(10-16)28(32)33/h5-11,20-21H,2-4,12-13H2,1H3/t20-,21+/m0/s1. The first-order chi connectivity index (χ1) is 17.2. The Kier molecular flexibility index (Phi) is 7.34. The summed E-state index contributed by atoms with van der Waals surface area (Å²) >= 11 is 0. The molecule has 1 aliphatic rings. The summed E-state index contributed by atoms with van der Waals surface area (Å²) in [6, 6.07) is 8.48. The van der Waals surface area contributed by atoms with Gasteiger partial charge in [-0.15, -0.1) is 0 Å². The Bertz CT molecular complexity index is 1260. The number of rotatable bonds is 8. The van der Waals surface area contributed by atoms with Gasteiger partial charge in [-0.25, -0.2) is 14.2 Å². The summed E-state index contributed by atoms with van der Waals surface area (Å²) in [6.45, 7) is 1.92. The summed E-state index contributed by atoms with van der Waals surface area (Å²) in [5.41, 5.74) is -0.160. The Morgan fingerprint density at radius 2 is 1.72 bits per heavy atom. The van der Waals surface area contributed by atoms with Gasteiger partial charge in [0, 0.05) is 24.1 Å². The summed E-state index contributed by atoms with van der Waals surface area (Å²) in [6.07, 6.45) is 1.67. The zero-order valence-corrected chi connectivity index (χ0v) is 19.2. The molecule has 1 aromatic heterocycles. The molecule has 2 atom stereocenters. The van der Waals surface area contributed by atoms with Crippen molar-refractivity contribution in [1.29, 1.82) is 0 Å². The van der Waals surface area contributed by atoms with Crippen molar-refractivity contribution in [2.24, 2.45) is 0 Å². The van der Waals surface area contributed by atoms with Crippen LogP contribution in [0.4, 0.5) is 15.8 Å². The van der Waals surface area contributed by atoms with Crippen molar-refractivity contribution >= 4 is 17.3 Å². The first-order valence-electron chi connectivity index (χ1n) is 11.2. The Hall–Kier alpha value is -4.19. The van der Waals surface area contributed by atoms with Crippen molar-refractivity contribution in [3.8, 4) is 11.5 Å². The fourth-order valence-electron chi connectivity index (χ4n) is 3.98. The van der Waals surface area contributed by atoms with Gasteiger partial charge in [0.25, 0.3) is 11.4 Å². The fourth-order valence-corrected chi connectivity index (χ4v) is 3.98. The van der Waals surface area contributed by atoms with Crippen LogP contribution < -0.4 is 0 Å². The lowest BCUT2D eigenvalue weighted by atomic mass is 9.94. The molecule has 0 N–H and O–H groups in total. The second-order valence-corrected chi connectivity index (χ2v) is 8.41. The number of aromatic nitrogens is 1. The predicted molar refractivity (Wildman–Crippen MR) is 123 cm³/mol. The van der Waals surface area contributed by atoms with E-state index in [-0.39, 0.29) is 24.1 Å². The van der Waals surface area contributed by atoms with E-state index in [2.05, 4.69) is 4.98 Å². The van der Waals surface area contributed by atoms with Crippen molar-refractivity contribution in [2.45, 2.75) is 51.4 Å². The molecule has 4 rings (SSSR count). The van der Waals surface area contributed by atoms with Gasteiger partial charge >= 0.3 is 5.97 Å². The minimum absolute atomic E-state index is 0.166. The van der Waals surface area contributed by atoms with Crippen LogP contribution in [0.1, 0.15) is 47.5 Å². The molecule has 0 unspecified atom stereocenters. The zero-order valence-electron chi connectivity index (χ0n) is 19.2. The van der Waals surface area contributed by atoms with Gasteiger partial charge in [0.1, 0.15) is 23.4 Å². The molecule has 1 heterocycles. The average Bonchev–Trinajstić information content (AvgIpc) is 3.23. The SMILES string of the molecule is Cc1oc(-c2ccc(F)cc2)nc1CO[C@H]1CCC[C@@H](OC(=O)c2cc([N+](=O)[O-])cc([N+](=O)[O-])c2)C1. The third kappa shape index (κ3) is 5.89. The van der Waals surface area contributed by atoms with Crippen LogP contribution in [0.25, 0.3) is 11.5 Å². The lowest BCUT2D eigenvalue weighted by Crippen LogP contribution is -2.30. The minimum atomic E-state index is -0.872. The summed E-state index contributed by atoms with van der Waals surface area (Å²) in [4.78, 5) is 37.6. The molecule has 0 bridgehead atoms. The monoisotopic (exact) mass is 499 g/mol. The molecule has 11 nitrogen and oxygen atoms in total. The van der Waals surface area contributed by atoms with Crippen LogP contribution in [0.3, 0.4) is 0 Å².